The van der Waals surface area contributed by atoms with Crippen LogP contribution in [0.2, 0.25) is 0 Å². The van der Waals surface area contributed by atoms with Crippen molar-refractivity contribution in [1.29, 1.82) is 0 Å². The Balaban J connectivity index is 1.67. The third-order valence-electron chi connectivity index (χ3n) is 6.91. The molecule has 0 spiro atoms. The van der Waals surface area contributed by atoms with Gasteiger partial charge in [-0.3, -0.25) is 9.59 Å². The van der Waals surface area contributed by atoms with E-state index in [0.29, 0.717) is 42.6 Å². The van der Waals surface area contributed by atoms with Gasteiger partial charge in [-0.05, 0) is 49.1 Å². The van der Waals surface area contributed by atoms with Crippen LogP contribution < -0.4 is 14.9 Å². The van der Waals surface area contributed by atoms with Crippen molar-refractivity contribution in [2.45, 2.75) is 45.8 Å². The molecule has 6 nitrogen and oxygen atoms in total. The SMILES string of the molecule is COCCCOc1cc2c(cc1OCC(=O)c1ccc(C(F)(F)F)cc1)-c1cc(=O)c(C)cn1C(C(C)C)C2. The normalized spacial score (nSPS) is 14.6. The minimum atomic E-state index is -4.48. The van der Waals surface area contributed by atoms with Crippen LogP contribution in [0.15, 0.2) is 53.5 Å². The number of hydrogen-bond acceptors (Lipinski definition) is 5. The first kappa shape index (κ1) is 28.4. The summed E-state index contributed by atoms with van der Waals surface area (Å²) in [5.41, 5.74) is 2.43. The van der Waals surface area contributed by atoms with Crippen molar-refractivity contribution in [3.05, 3.63) is 81.1 Å². The fraction of sp³-hybridized carbons (Fsp3) is 0.400. The summed E-state index contributed by atoms with van der Waals surface area (Å²) in [5.74, 6) is 0.602. The van der Waals surface area contributed by atoms with Crippen molar-refractivity contribution < 1.29 is 32.2 Å². The number of ether oxygens (including phenoxy) is 3. The lowest BCUT2D eigenvalue weighted by Gasteiger charge is -2.34. The highest BCUT2D eigenvalue weighted by Gasteiger charge is 2.31. The Hall–Kier alpha value is -3.59. The fourth-order valence-corrected chi connectivity index (χ4v) is 4.72. The minimum absolute atomic E-state index is 0.0727. The molecule has 1 aromatic heterocycles. The number of Topliss-reactive ketones (excluding diaryl/α,β-unsaturated/α-hetero) is 1. The van der Waals surface area contributed by atoms with Gasteiger partial charge in [-0.2, -0.15) is 13.2 Å². The smallest absolute Gasteiger partial charge is 0.416 e. The molecule has 0 amide bonds. The molecule has 0 radical (unpaired) electrons. The van der Waals surface area contributed by atoms with E-state index in [4.69, 9.17) is 14.2 Å². The fourth-order valence-electron chi connectivity index (χ4n) is 4.72. The maximum atomic E-state index is 12.9. The number of aromatic nitrogens is 1. The van der Waals surface area contributed by atoms with Crippen molar-refractivity contribution in [1.82, 2.24) is 4.57 Å². The van der Waals surface area contributed by atoms with E-state index in [2.05, 4.69) is 18.4 Å². The molecular formula is C30H32F3NO5. The Labute approximate surface area is 225 Å². The number of aryl methyl sites for hydroxylation is 1. The molecule has 1 unspecified atom stereocenters. The number of fused-ring (bicyclic) bond motifs is 3. The molecular weight excluding hydrogens is 511 g/mol. The monoisotopic (exact) mass is 543 g/mol. The molecule has 0 N–H and O–H groups in total. The lowest BCUT2D eigenvalue weighted by Crippen LogP contribution is -2.26. The largest absolute Gasteiger partial charge is 0.490 e. The highest BCUT2D eigenvalue weighted by atomic mass is 19.4. The Kier molecular flexibility index (Phi) is 8.49. The number of ketones is 1. The number of carbonyl (C=O) groups is 1. The lowest BCUT2D eigenvalue weighted by molar-refractivity contribution is -0.137. The Morgan fingerprint density at radius 1 is 1.05 bits per heavy atom. The summed E-state index contributed by atoms with van der Waals surface area (Å²) in [7, 11) is 1.60. The van der Waals surface area contributed by atoms with Crippen molar-refractivity contribution in [3.8, 4) is 22.8 Å². The van der Waals surface area contributed by atoms with E-state index in [1.807, 2.05) is 12.3 Å². The maximum absolute atomic E-state index is 12.9. The molecule has 2 heterocycles. The number of hydrogen-bond donors (Lipinski definition) is 0. The average molecular weight is 544 g/mol. The van der Waals surface area contributed by atoms with Crippen molar-refractivity contribution >= 4 is 5.78 Å². The van der Waals surface area contributed by atoms with Gasteiger partial charge in [0.1, 0.15) is 0 Å². The molecule has 4 rings (SSSR count). The van der Waals surface area contributed by atoms with Crippen LogP contribution in [0.4, 0.5) is 13.2 Å². The second kappa shape index (κ2) is 11.7. The first-order chi connectivity index (χ1) is 18.5. The first-order valence-corrected chi connectivity index (χ1v) is 12.8. The van der Waals surface area contributed by atoms with Gasteiger partial charge in [0.25, 0.3) is 0 Å². The summed E-state index contributed by atoms with van der Waals surface area (Å²) < 4.78 is 57.8. The van der Waals surface area contributed by atoms with Crippen LogP contribution in [0, 0.1) is 12.8 Å². The molecule has 0 bridgehead atoms. The minimum Gasteiger partial charge on any atom is -0.490 e. The predicted molar refractivity (Wildman–Crippen MR) is 142 cm³/mol. The van der Waals surface area contributed by atoms with E-state index in [-0.39, 0.29) is 17.0 Å². The van der Waals surface area contributed by atoms with Crippen molar-refractivity contribution in [2.75, 3.05) is 26.9 Å². The standard InChI is InChI=1S/C30H32F3NO5/c1-18(2)24-12-21-13-28(38-11-5-10-37-4)29(14-23(21)25-15-26(35)19(3)16-34(24)25)39-17-27(36)20-6-8-22(9-7-20)30(31,32)33/h6-9,13-16,18,24H,5,10-12,17H2,1-4H3. The maximum Gasteiger partial charge on any atom is 0.416 e. The molecule has 2 aromatic carbocycles. The summed E-state index contributed by atoms with van der Waals surface area (Å²) in [6.45, 7) is 6.55. The van der Waals surface area contributed by atoms with E-state index in [1.54, 1.807) is 26.2 Å². The zero-order valence-corrected chi connectivity index (χ0v) is 22.4. The molecule has 1 aliphatic heterocycles. The van der Waals surface area contributed by atoms with Gasteiger partial charge in [0, 0.05) is 55.1 Å². The second-order valence-electron chi connectivity index (χ2n) is 10.1. The molecule has 39 heavy (non-hydrogen) atoms. The van der Waals surface area contributed by atoms with Gasteiger partial charge in [-0.15, -0.1) is 0 Å². The van der Waals surface area contributed by atoms with E-state index in [1.165, 1.54) is 0 Å². The molecule has 3 aromatic rings. The zero-order chi connectivity index (χ0) is 28.3. The van der Waals surface area contributed by atoms with Gasteiger partial charge in [0.2, 0.25) is 0 Å². The van der Waals surface area contributed by atoms with Crippen LogP contribution in [-0.4, -0.2) is 37.3 Å². The van der Waals surface area contributed by atoms with E-state index in [9.17, 15) is 22.8 Å². The van der Waals surface area contributed by atoms with Gasteiger partial charge in [-0.1, -0.05) is 26.0 Å². The van der Waals surface area contributed by atoms with Gasteiger partial charge in [-0.25, -0.2) is 0 Å². The number of nitrogens with zero attached hydrogens (tertiary/aromatic N) is 1. The Bertz CT molecular complexity index is 1390. The Morgan fingerprint density at radius 2 is 1.74 bits per heavy atom. The lowest BCUT2D eigenvalue weighted by atomic mass is 9.87. The highest BCUT2D eigenvalue weighted by Crippen LogP contribution is 2.43. The van der Waals surface area contributed by atoms with E-state index < -0.39 is 24.1 Å². The van der Waals surface area contributed by atoms with Gasteiger partial charge < -0.3 is 18.8 Å². The number of alkyl halides is 3. The molecule has 1 atom stereocenters. The highest BCUT2D eigenvalue weighted by molar-refractivity contribution is 5.97. The van der Waals surface area contributed by atoms with Crippen molar-refractivity contribution in [2.24, 2.45) is 5.92 Å². The van der Waals surface area contributed by atoms with E-state index in [0.717, 1.165) is 47.5 Å². The molecule has 0 saturated heterocycles. The Morgan fingerprint density at radius 3 is 2.38 bits per heavy atom. The molecule has 0 fully saturated rings. The molecule has 1 aliphatic rings. The summed E-state index contributed by atoms with van der Waals surface area (Å²) in [6, 6.07) is 9.46. The zero-order valence-electron chi connectivity index (χ0n) is 22.4. The van der Waals surface area contributed by atoms with E-state index >= 15 is 0 Å². The van der Waals surface area contributed by atoms with Crippen LogP contribution in [0.3, 0.4) is 0 Å². The van der Waals surface area contributed by atoms with Crippen LogP contribution in [0.25, 0.3) is 11.3 Å². The third kappa shape index (κ3) is 6.36. The van der Waals surface area contributed by atoms with Crippen LogP contribution in [-0.2, 0) is 17.3 Å². The number of methoxy groups -OCH3 is 1. The summed E-state index contributed by atoms with van der Waals surface area (Å²) >= 11 is 0. The number of rotatable bonds is 10. The number of carbonyl (C=O) groups excluding carboxylic acids is 1. The second-order valence-corrected chi connectivity index (χ2v) is 10.1. The van der Waals surface area contributed by atoms with Gasteiger partial charge in [0.05, 0.1) is 17.9 Å². The molecule has 9 heteroatoms. The molecule has 0 aliphatic carbocycles. The van der Waals surface area contributed by atoms with Crippen molar-refractivity contribution in [3.63, 3.8) is 0 Å². The third-order valence-corrected chi connectivity index (χ3v) is 6.91. The first-order valence-electron chi connectivity index (χ1n) is 12.8. The van der Waals surface area contributed by atoms with Crippen LogP contribution >= 0.6 is 0 Å². The number of halogens is 3. The van der Waals surface area contributed by atoms with Gasteiger partial charge in [0.15, 0.2) is 29.3 Å². The van der Waals surface area contributed by atoms with Crippen LogP contribution in [0.1, 0.15) is 53.4 Å². The average Bonchev–Trinajstić information content (AvgIpc) is 2.89. The predicted octanol–water partition coefficient (Wildman–Crippen LogP) is 6.27. The van der Waals surface area contributed by atoms with Gasteiger partial charge >= 0.3 is 6.18 Å². The number of benzene rings is 2. The summed E-state index contributed by atoms with van der Waals surface area (Å²) in [5, 5.41) is 0. The quantitative estimate of drug-likeness (QED) is 0.223. The summed E-state index contributed by atoms with van der Waals surface area (Å²) in [4.78, 5) is 25.4. The topological polar surface area (TPSA) is 66.8 Å². The molecule has 208 valence electrons. The van der Waals surface area contributed by atoms with Crippen LogP contribution in [0.5, 0.6) is 11.5 Å². The number of pyridine rings is 1. The molecule has 0 saturated carbocycles. The summed E-state index contributed by atoms with van der Waals surface area (Å²) in [6.07, 6.45) is -1.23.